The second kappa shape index (κ2) is 6.01. The number of thiophene rings is 4. The third-order valence-electron chi connectivity index (χ3n) is 4.91. The highest BCUT2D eigenvalue weighted by Crippen LogP contribution is 2.44. The topological polar surface area (TPSA) is 0 Å². The summed E-state index contributed by atoms with van der Waals surface area (Å²) in [5, 5.41) is 7.61. The minimum atomic E-state index is 1.35. The lowest BCUT2D eigenvalue weighted by molar-refractivity contribution is 1.64. The number of aryl methyl sites for hydroxylation is 1. The second-order valence-corrected chi connectivity index (χ2v) is 11.0. The smallest absolute Gasteiger partial charge is 0.0455 e. The summed E-state index contributed by atoms with van der Waals surface area (Å²) in [6, 6.07) is 22.7. The highest BCUT2D eigenvalue weighted by Gasteiger charge is 2.13. The lowest BCUT2D eigenvalue weighted by Gasteiger charge is -2.00. The Kier molecular flexibility index (Phi) is 3.57. The van der Waals surface area contributed by atoms with Crippen LogP contribution in [0.5, 0.6) is 0 Å². The highest BCUT2D eigenvalue weighted by molar-refractivity contribution is 7.27. The van der Waals surface area contributed by atoms with Crippen molar-refractivity contribution in [2.45, 2.75) is 6.92 Å². The standard InChI is InChI=1S/C23H14S4/c1-13-4-9-19(25-13)21-12-15-6-8-16-17(23(15)27-21)7-5-14-11-20(26-22(14)16)18-3-2-10-24-18/h2-12H,1H3. The number of hydrogen-bond donors (Lipinski definition) is 0. The predicted octanol–water partition coefficient (Wildman–Crippen LogP) is 9.03. The first-order valence-electron chi connectivity index (χ1n) is 8.76. The van der Waals surface area contributed by atoms with Crippen LogP contribution in [0.25, 0.3) is 50.5 Å². The van der Waals surface area contributed by atoms with Crippen LogP contribution in [-0.4, -0.2) is 0 Å². The molecule has 2 aromatic carbocycles. The fourth-order valence-corrected chi connectivity index (χ4v) is 7.78. The fraction of sp³-hybridized carbons (Fsp3) is 0.0435. The molecule has 0 amide bonds. The molecule has 6 aromatic rings. The fourth-order valence-electron chi connectivity index (χ4n) is 3.63. The van der Waals surface area contributed by atoms with Crippen LogP contribution >= 0.6 is 45.3 Å². The monoisotopic (exact) mass is 418 g/mol. The molecule has 0 nitrogen and oxygen atoms in total. The van der Waals surface area contributed by atoms with Crippen LogP contribution in [0.4, 0.5) is 0 Å². The van der Waals surface area contributed by atoms with Gasteiger partial charge in [-0.15, -0.1) is 45.3 Å². The van der Waals surface area contributed by atoms with Gasteiger partial charge in [-0.25, -0.2) is 0 Å². The van der Waals surface area contributed by atoms with E-state index in [0.717, 1.165) is 0 Å². The summed E-state index contributed by atoms with van der Waals surface area (Å²) < 4.78 is 2.81. The molecule has 4 aromatic heterocycles. The average molecular weight is 419 g/mol. The van der Waals surface area contributed by atoms with E-state index in [2.05, 4.69) is 73.0 Å². The summed E-state index contributed by atoms with van der Waals surface area (Å²) in [6.07, 6.45) is 0. The zero-order valence-electron chi connectivity index (χ0n) is 14.5. The van der Waals surface area contributed by atoms with Crippen molar-refractivity contribution < 1.29 is 0 Å². The zero-order chi connectivity index (χ0) is 18.0. The van der Waals surface area contributed by atoms with E-state index < -0.39 is 0 Å². The van der Waals surface area contributed by atoms with Gasteiger partial charge in [-0.1, -0.05) is 30.3 Å². The Bertz CT molecular complexity index is 1420. The number of hydrogen-bond acceptors (Lipinski definition) is 4. The highest BCUT2D eigenvalue weighted by atomic mass is 32.1. The minimum Gasteiger partial charge on any atom is -0.143 e. The summed E-state index contributed by atoms with van der Waals surface area (Å²) in [4.78, 5) is 6.85. The van der Waals surface area contributed by atoms with Gasteiger partial charge >= 0.3 is 0 Å². The van der Waals surface area contributed by atoms with E-state index in [1.165, 1.54) is 55.3 Å². The molecule has 0 aliphatic carbocycles. The maximum Gasteiger partial charge on any atom is 0.0455 e. The molecule has 0 spiro atoms. The average Bonchev–Trinajstić information content (AvgIpc) is 3.43. The van der Waals surface area contributed by atoms with Crippen molar-refractivity contribution in [3.8, 4) is 19.5 Å². The number of rotatable bonds is 2. The molecule has 0 aliphatic rings. The van der Waals surface area contributed by atoms with Crippen molar-refractivity contribution in [1.82, 2.24) is 0 Å². The molecule has 0 aliphatic heterocycles. The normalized spacial score (nSPS) is 11.9. The van der Waals surface area contributed by atoms with Crippen LogP contribution in [0, 0.1) is 6.92 Å². The van der Waals surface area contributed by atoms with Crippen molar-refractivity contribution >= 4 is 76.3 Å². The minimum absolute atomic E-state index is 1.35. The molecule has 0 saturated carbocycles. The van der Waals surface area contributed by atoms with Gasteiger partial charge < -0.3 is 0 Å². The van der Waals surface area contributed by atoms with Gasteiger partial charge in [-0.05, 0) is 53.4 Å². The molecule has 4 heteroatoms. The van der Waals surface area contributed by atoms with Crippen LogP contribution < -0.4 is 0 Å². The van der Waals surface area contributed by atoms with Crippen molar-refractivity contribution in [2.24, 2.45) is 0 Å². The Labute approximate surface area is 173 Å². The van der Waals surface area contributed by atoms with E-state index in [4.69, 9.17) is 0 Å². The maximum atomic E-state index is 2.35. The van der Waals surface area contributed by atoms with E-state index in [0.29, 0.717) is 0 Å². The first kappa shape index (κ1) is 16.0. The SMILES string of the molecule is Cc1ccc(-c2cc3ccc4c(ccc5cc(-c6cccs6)sc54)c3s2)s1. The van der Waals surface area contributed by atoms with E-state index in [1.807, 2.05) is 45.3 Å². The summed E-state index contributed by atoms with van der Waals surface area (Å²) >= 11 is 7.54. The summed E-state index contributed by atoms with van der Waals surface area (Å²) in [5.74, 6) is 0. The van der Waals surface area contributed by atoms with Gasteiger partial charge in [-0.3, -0.25) is 0 Å². The molecule has 0 saturated heterocycles. The molecule has 0 atom stereocenters. The first-order valence-corrected chi connectivity index (χ1v) is 12.1. The molecule has 0 fully saturated rings. The van der Waals surface area contributed by atoms with Crippen molar-refractivity contribution in [1.29, 1.82) is 0 Å². The zero-order valence-corrected chi connectivity index (χ0v) is 17.7. The van der Waals surface area contributed by atoms with Gasteiger partial charge in [0.25, 0.3) is 0 Å². The van der Waals surface area contributed by atoms with Crippen LogP contribution in [0.2, 0.25) is 0 Å². The van der Waals surface area contributed by atoms with Gasteiger partial charge in [0, 0.05) is 44.6 Å². The molecule has 0 bridgehead atoms. The van der Waals surface area contributed by atoms with Gasteiger partial charge in [-0.2, -0.15) is 0 Å². The van der Waals surface area contributed by atoms with E-state index in [-0.39, 0.29) is 0 Å². The lowest BCUT2D eigenvalue weighted by atomic mass is 10.1. The Morgan fingerprint density at radius 1 is 0.593 bits per heavy atom. The molecule has 6 rings (SSSR count). The van der Waals surface area contributed by atoms with Crippen molar-refractivity contribution in [3.63, 3.8) is 0 Å². The van der Waals surface area contributed by atoms with Gasteiger partial charge in [0.2, 0.25) is 0 Å². The van der Waals surface area contributed by atoms with Crippen LogP contribution in [-0.2, 0) is 0 Å². The van der Waals surface area contributed by atoms with Gasteiger partial charge in [0.1, 0.15) is 0 Å². The quantitative estimate of drug-likeness (QED) is 0.263. The Balaban J connectivity index is 1.61. The predicted molar refractivity (Wildman–Crippen MR) is 126 cm³/mol. The second-order valence-electron chi connectivity index (χ2n) is 6.67. The van der Waals surface area contributed by atoms with Crippen LogP contribution in [0.1, 0.15) is 4.88 Å². The lowest BCUT2D eigenvalue weighted by Crippen LogP contribution is -1.72. The third kappa shape index (κ3) is 2.52. The van der Waals surface area contributed by atoms with Gasteiger partial charge in [0.15, 0.2) is 0 Å². The van der Waals surface area contributed by atoms with Crippen molar-refractivity contribution in [2.75, 3.05) is 0 Å². The molecular weight excluding hydrogens is 405 g/mol. The van der Waals surface area contributed by atoms with E-state index in [9.17, 15) is 0 Å². The molecular formula is C23H14S4. The van der Waals surface area contributed by atoms with Gasteiger partial charge in [0.05, 0.1) is 0 Å². The Morgan fingerprint density at radius 3 is 1.81 bits per heavy atom. The molecule has 0 unspecified atom stereocenters. The van der Waals surface area contributed by atoms with Crippen LogP contribution in [0.3, 0.4) is 0 Å². The number of fused-ring (bicyclic) bond motifs is 5. The molecule has 0 radical (unpaired) electrons. The Hall–Kier alpha value is -1.98. The molecule has 130 valence electrons. The third-order valence-corrected chi connectivity index (χ3v) is 9.54. The number of benzene rings is 2. The molecule has 0 N–H and O–H groups in total. The summed E-state index contributed by atoms with van der Waals surface area (Å²) in [7, 11) is 0. The molecule has 27 heavy (non-hydrogen) atoms. The van der Waals surface area contributed by atoms with Crippen molar-refractivity contribution in [3.05, 3.63) is 70.9 Å². The van der Waals surface area contributed by atoms with Crippen LogP contribution in [0.15, 0.2) is 66.0 Å². The van der Waals surface area contributed by atoms with E-state index in [1.54, 1.807) is 0 Å². The summed E-state index contributed by atoms with van der Waals surface area (Å²) in [6.45, 7) is 2.18. The largest absolute Gasteiger partial charge is 0.143 e. The first-order chi connectivity index (χ1) is 13.3. The summed E-state index contributed by atoms with van der Waals surface area (Å²) in [5.41, 5.74) is 0. The Morgan fingerprint density at radius 2 is 1.26 bits per heavy atom. The maximum absolute atomic E-state index is 2.35. The van der Waals surface area contributed by atoms with E-state index >= 15 is 0 Å². The molecule has 4 heterocycles.